The summed E-state index contributed by atoms with van der Waals surface area (Å²) >= 11 is 0. The van der Waals surface area contributed by atoms with Gasteiger partial charge in [0.1, 0.15) is 6.07 Å². The lowest BCUT2D eigenvalue weighted by Gasteiger charge is -2.19. The van der Waals surface area contributed by atoms with Gasteiger partial charge < -0.3 is 5.32 Å². The second kappa shape index (κ2) is 7.19. The second-order valence-electron chi connectivity index (χ2n) is 5.12. The van der Waals surface area contributed by atoms with Gasteiger partial charge in [0.05, 0.1) is 0 Å². The highest BCUT2D eigenvalue weighted by molar-refractivity contribution is 5.48. The van der Waals surface area contributed by atoms with Gasteiger partial charge in [-0.1, -0.05) is 60.7 Å². The Morgan fingerprint density at radius 1 is 0.870 bits per heavy atom. The minimum absolute atomic E-state index is 0.172. The van der Waals surface area contributed by atoms with Gasteiger partial charge in [-0.15, -0.1) is 0 Å². The zero-order valence-electron chi connectivity index (χ0n) is 12.6. The quantitative estimate of drug-likeness (QED) is 0.782. The second-order valence-corrected chi connectivity index (χ2v) is 5.12. The molecule has 1 aromatic heterocycles. The molecule has 0 radical (unpaired) electrons. The first-order chi connectivity index (χ1) is 11.4. The molecule has 0 spiro atoms. The van der Waals surface area contributed by atoms with Crippen molar-refractivity contribution in [3.63, 3.8) is 0 Å². The third kappa shape index (κ3) is 3.53. The lowest BCUT2D eigenvalue weighted by molar-refractivity contribution is 0.846. The van der Waals surface area contributed by atoms with Crippen molar-refractivity contribution >= 4 is 5.82 Å². The predicted molar refractivity (Wildman–Crippen MR) is 90.0 cm³/mol. The first-order valence-electron chi connectivity index (χ1n) is 7.43. The molecule has 0 aliphatic heterocycles. The SMILES string of the molecule is N#Cc1nccnc1NCC(c1ccccc1)c1ccccc1. The number of nitrogens with zero attached hydrogens (tertiary/aromatic N) is 3. The van der Waals surface area contributed by atoms with E-state index in [2.05, 4.69) is 45.6 Å². The molecule has 0 saturated heterocycles. The third-order valence-electron chi connectivity index (χ3n) is 3.68. The Hall–Kier alpha value is -3.19. The van der Waals surface area contributed by atoms with Gasteiger partial charge in [0.25, 0.3) is 0 Å². The summed E-state index contributed by atoms with van der Waals surface area (Å²) in [6.07, 6.45) is 3.11. The highest BCUT2D eigenvalue weighted by atomic mass is 15.0. The van der Waals surface area contributed by atoms with E-state index in [0.29, 0.717) is 18.1 Å². The normalized spacial score (nSPS) is 10.3. The monoisotopic (exact) mass is 300 g/mol. The molecule has 0 aliphatic carbocycles. The summed E-state index contributed by atoms with van der Waals surface area (Å²) in [6, 6.07) is 22.7. The molecule has 0 bridgehead atoms. The van der Waals surface area contributed by atoms with Crippen LogP contribution in [0.4, 0.5) is 5.82 Å². The van der Waals surface area contributed by atoms with Crippen LogP contribution in [0.5, 0.6) is 0 Å². The van der Waals surface area contributed by atoms with Crippen molar-refractivity contribution in [1.82, 2.24) is 9.97 Å². The fourth-order valence-electron chi connectivity index (χ4n) is 2.55. The molecule has 4 nitrogen and oxygen atoms in total. The first-order valence-corrected chi connectivity index (χ1v) is 7.43. The van der Waals surface area contributed by atoms with Crippen molar-refractivity contribution < 1.29 is 0 Å². The maximum Gasteiger partial charge on any atom is 0.182 e. The highest BCUT2D eigenvalue weighted by Gasteiger charge is 2.15. The Morgan fingerprint density at radius 3 is 2.00 bits per heavy atom. The molecule has 4 heteroatoms. The summed E-state index contributed by atoms with van der Waals surface area (Å²) in [7, 11) is 0. The maximum absolute atomic E-state index is 9.13. The van der Waals surface area contributed by atoms with E-state index in [1.165, 1.54) is 17.3 Å². The van der Waals surface area contributed by atoms with Crippen molar-refractivity contribution in [1.29, 1.82) is 5.26 Å². The summed E-state index contributed by atoms with van der Waals surface area (Å²) in [6.45, 7) is 0.640. The van der Waals surface area contributed by atoms with E-state index >= 15 is 0 Å². The summed E-state index contributed by atoms with van der Waals surface area (Å²) in [5, 5.41) is 12.4. The van der Waals surface area contributed by atoms with E-state index in [-0.39, 0.29) is 5.92 Å². The molecule has 0 fully saturated rings. The molecule has 0 amide bonds. The number of aromatic nitrogens is 2. The van der Waals surface area contributed by atoms with Gasteiger partial charge in [-0.3, -0.25) is 0 Å². The smallest absolute Gasteiger partial charge is 0.182 e. The minimum Gasteiger partial charge on any atom is -0.367 e. The summed E-state index contributed by atoms with van der Waals surface area (Å²) in [5.74, 6) is 0.692. The van der Waals surface area contributed by atoms with Gasteiger partial charge >= 0.3 is 0 Å². The van der Waals surface area contributed by atoms with E-state index in [1.807, 2.05) is 36.4 Å². The lowest BCUT2D eigenvalue weighted by Crippen LogP contribution is -2.15. The largest absolute Gasteiger partial charge is 0.367 e. The fourth-order valence-corrected chi connectivity index (χ4v) is 2.55. The molecule has 112 valence electrons. The maximum atomic E-state index is 9.13. The van der Waals surface area contributed by atoms with Crippen molar-refractivity contribution in [3.8, 4) is 6.07 Å². The highest BCUT2D eigenvalue weighted by Crippen LogP contribution is 2.25. The van der Waals surface area contributed by atoms with Crippen LogP contribution in [0.1, 0.15) is 22.7 Å². The summed E-state index contributed by atoms with van der Waals surface area (Å²) in [4.78, 5) is 8.25. The van der Waals surface area contributed by atoms with E-state index in [4.69, 9.17) is 5.26 Å². The number of nitrogens with one attached hydrogen (secondary N) is 1. The number of nitriles is 1. The molecule has 2 aromatic carbocycles. The van der Waals surface area contributed by atoms with Crippen LogP contribution in [0, 0.1) is 11.3 Å². The topological polar surface area (TPSA) is 61.6 Å². The summed E-state index contributed by atoms with van der Waals surface area (Å²) in [5.41, 5.74) is 2.74. The van der Waals surface area contributed by atoms with Crippen molar-refractivity contribution in [2.45, 2.75) is 5.92 Å². The van der Waals surface area contributed by atoms with Gasteiger partial charge in [-0.05, 0) is 11.1 Å². The van der Waals surface area contributed by atoms with Crippen LogP contribution in [0.3, 0.4) is 0 Å². The van der Waals surface area contributed by atoms with Gasteiger partial charge in [-0.25, -0.2) is 9.97 Å². The molecule has 0 atom stereocenters. The van der Waals surface area contributed by atoms with Gasteiger partial charge in [0.2, 0.25) is 0 Å². The van der Waals surface area contributed by atoms with Crippen molar-refractivity contribution in [3.05, 3.63) is 89.9 Å². The molecule has 3 aromatic rings. The van der Waals surface area contributed by atoms with Gasteiger partial charge in [-0.2, -0.15) is 5.26 Å². The number of rotatable bonds is 5. The standard InChI is InChI=1S/C19H16N4/c20-13-18-19(22-12-11-21-18)23-14-17(15-7-3-1-4-8-15)16-9-5-2-6-10-16/h1-12,17H,14H2,(H,22,23). The number of benzene rings is 2. The average Bonchev–Trinajstić information content (AvgIpc) is 2.64. The van der Waals surface area contributed by atoms with Crippen LogP contribution in [0.2, 0.25) is 0 Å². The Balaban J connectivity index is 1.87. The number of hydrogen-bond donors (Lipinski definition) is 1. The Kier molecular flexibility index (Phi) is 4.61. The lowest BCUT2D eigenvalue weighted by atomic mass is 9.91. The van der Waals surface area contributed by atoms with Crippen molar-refractivity contribution in [2.75, 3.05) is 11.9 Å². The minimum atomic E-state index is 0.172. The Labute approximate surface area is 135 Å². The van der Waals surface area contributed by atoms with Crippen molar-refractivity contribution in [2.24, 2.45) is 0 Å². The zero-order chi connectivity index (χ0) is 15.9. The molecule has 1 N–H and O–H groups in total. The van der Waals surface area contributed by atoms with E-state index in [9.17, 15) is 0 Å². The Morgan fingerprint density at radius 2 is 1.43 bits per heavy atom. The molecular formula is C19H16N4. The van der Waals surface area contributed by atoms with Gasteiger partial charge in [0, 0.05) is 24.9 Å². The van der Waals surface area contributed by atoms with E-state index < -0.39 is 0 Å². The number of hydrogen-bond acceptors (Lipinski definition) is 4. The van der Waals surface area contributed by atoms with Crippen LogP contribution in [-0.2, 0) is 0 Å². The van der Waals surface area contributed by atoms with Crippen LogP contribution < -0.4 is 5.32 Å². The Bertz CT molecular complexity index is 755. The molecule has 0 aliphatic rings. The molecule has 0 unspecified atom stereocenters. The molecule has 23 heavy (non-hydrogen) atoms. The third-order valence-corrected chi connectivity index (χ3v) is 3.68. The van der Waals surface area contributed by atoms with Crippen LogP contribution in [-0.4, -0.2) is 16.5 Å². The van der Waals surface area contributed by atoms with Crippen LogP contribution >= 0.6 is 0 Å². The van der Waals surface area contributed by atoms with Gasteiger partial charge in [0.15, 0.2) is 11.5 Å². The van der Waals surface area contributed by atoms with E-state index in [0.717, 1.165) is 0 Å². The molecule has 1 heterocycles. The van der Waals surface area contributed by atoms with Crippen LogP contribution in [0.25, 0.3) is 0 Å². The summed E-state index contributed by atoms with van der Waals surface area (Å²) < 4.78 is 0. The average molecular weight is 300 g/mol. The molecule has 0 saturated carbocycles. The van der Waals surface area contributed by atoms with E-state index in [1.54, 1.807) is 6.20 Å². The first kappa shape index (κ1) is 14.7. The van der Waals surface area contributed by atoms with Crippen LogP contribution in [0.15, 0.2) is 73.1 Å². The fraction of sp³-hybridized carbons (Fsp3) is 0.105. The number of anilines is 1. The molecule has 3 rings (SSSR count). The zero-order valence-corrected chi connectivity index (χ0v) is 12.6. The predicted octanol–water partition coefficient (Wildman–Crippen LogP) is 3.59. The molecular weight excluding hydrogens is 284 g/mol.